The summed E-state index contributed by atoms with van der Waals surface area (Å²) in [7, 11) is 0. The molecule has 1 heterocycles. The highest BCUT2D eigenvalue weighted by atomic mass is 16.5. The molecule has 2 N–H and O–H groups in total. The van der Waals surface area contributed by atoms with Crippen molar-refractivity contribution < 1.29 is 4.74 Å². The van der Waals surface area contributed by atoms with E-state index >= 15 is 0 Å². The van der Waals surface area contributed by atoms with Gasteiger partial charge in [-0.3, -0.25) is 0 Å². The smallest absolute Gasteiger partial charge is 0.131 e. The van der Waals surface area contributed by atoms with Crippen LogP contribution in [0.25, 0.3) is 0 Å². The number of nitrogens with two attached hydrogens (primary N) is 1. The average molecular weight is 111 g/mol. The maximum atomic E-state index is 5.41. The Morgan fingerprint density at radius 1 is 1.88 bits per heavy atom. The lowest BCUT2D eigenvalue weighted by molar-refractivity contribution is 0.102. The maximum absolute atomic E-state index is 5.41. The molecule has 0 amide bonds. The number of hydrogen-bond acceptors (Lipinski definition) is 2. The first kappa shape index (κ1) is 5.54. The Morgan fingerprint density at radius 2 is 2.62 bits per heavy atom. The van der Waals surface area contributed by atoms with Crippen molar-refractivity contribution in [3.8, 4) is 0 Å². The predicted octanol–water partition coefficient (Wildman–Crippen LogP) is 0.414. The second-order valence-corrected chi connectivity index (χ2v) is 1.73. The minimum atomic E-state index is -0.278. The van der Waals surface area contributed by atoms with Crippen LogP contribution in [-0.4, -0.2) is 12.8 Å². The van der Waals surface area contributed by atoms with Crippen LogP contribution in [-0.2, 0) is 4.74 Å². The van der Waals surface area contributed by atoms with Crippen LogP contribution in [0.4, 0.5) is 0 Å². The van der Waals surface area contributed by atoms with Crippen molar-refractivity contribution in [2.24, 2.45) is 5.73 Å². The molecule has 2 nitrogen and oxygen atoms in total. The average Bonchev–Trinajstić information content (AvgIpc) is 1.77. The highest BCUT2D eigenvalue weighted by Crippen LogP contribution is 2.05. The quantitative estimate of drug-likeness (QED) is 0.491. The van der Waals surface area contributed by atoms with Crippen LogP contribution in [0.5, 0.6) is 0 Å². The van der Waals surface area contributed by atoms with Gasteiger partial charge in [-0.05, 0) is 5.57 Å². The van der Waals surface area contributed by atoms with Crippen LogP contribution in [0.15, 0.2) is 24.3 Å². The highest BCUT2D eigenvalue weighted by Gasteiger charge is 2.05. The lowest BCUT2D eigenvalue weighted by atomic mass is 10.2. The van der Waals surface area contributed by atoms with Crippen molar-refractivity contribution in [3.05, 3.63) is 24.3 Å². The molecule has 0 spiro atoms. The third-order valence-corrected chi connectivity index (χ3v) is 1.07. The van der Waals surface area contributed by atoms with Gasteiger partial charge in [0.25, 0.3) is 0 Å². The van der Waals surface area contributed by atoms with E-state index in [0.29, 0.717) is 6.61 Å². The van der Waals surface area contributed by atoms with Crippen LogP contribution in [0.2, 0.25) is 0 Å². The molecule has 0 saturated carbocycles. The number of hydrogen-bond donors (Lipinski definition) is 1. The van der Waals surface area contributed by atoms with Gasteiger partial charge in [-0.15, -0.1) is 0 Å². The Hall–Kier alpha value is -0.600. The normalized spacial score (nSPS) is 28.6. The van der Waals surface area contributed by atoms with E-state index in [-0.39, 0.29) is 6.23 Å². The fourth-order valence-electron chi connectivity index (χ4n) is 0.561. The highest BCUT2D eigenvalue weighted by molar-refractivity contribution is 5.20. The molecule has 8 heavy (non-hydrogen) atoms. The van der Waals surface area contributed by atoms with E-state index in [2.05, 4.69) is 6.58 Å². The van der Waals surface area contributed by atoms with E-state index in [9.17, 15) is 0 Å². The van der Waals surface area contributed by atoms with Crippen molar-refractivity contribution in [2.45, 2.75) is 6.23 Å². The molecular formula is C6H9NO. The van der Waals surface area contributed by atoms with Gasteiger partial charge in [0.05, 0.1) is 6.61 Å². The Morgan fingerprint density at radius 3 is 3.00 bits per heavy atom. The summed E-state index contributed by atoms with van der Waals surface area (Å²) in [6.45, 7) is 4.27. The Labute approximate surface area is 48.6 Å². The molecule has 1 aliphatic heterocycles. The summed E-state index contributed by atoms with van der Waals surface area (Å²) < 4.78 is 4.98. The van der Waals surface area contributed by atoms with Gasteiger partial charge in [-0.1, -0.05) is 18.7 Å². The second kappa shape index (κ2) is 2.11. The number of ether oxygens (including phenoxy) is 1. The molecule has 1 atom stereocenters. The second-order valence-electron chi connectivity index (χ2n) is 1.73. The zero-order valence-corrected chi connectivity index (χ0v) is 4.63. The minimum absolute atomic E-state index is 0.278. The topological polar surface area (TPSA) is 35.2 Å². The lowest BCUT2D eigenvalue weighted by Crippen LogP contribution is -2.27. The first-order chi connectivity index (χ1) is 3.80. The van der Waals surface area contributed by atoms with Crippen molar-refractivity contribution in [3.63, 3.8) is 0 Å². The Bertz CT molecular complexity index is 128. The lowest BCUT2D eigenvalue weighted by Gasteiger charge is -2.15. The molecule has 2 heteroatoms. The molecular weight excluding hydrogens is 102 g/mol. The minimum Gasteiger partial charge on any atom is -0.355 e. The summed E-state index contributed by atoms with van der Waals surface area (Å²) in [5, 5.41) is 0. The molecule has 1 rings (SSSR count). The van der Waals surface area contributed by atoms with Crippen molar-refractivity contribution in [1.82, 2.24) is 0 Å². The SMILES string of the molecule is C=C1C=CCOC1N. The van der Waals surface area contributed by atoms with E-state index in [4.69, 9.17) is 10.5 Å². The van der Waals surface area contributed by atoms with Crippen molar-refractivity contribution in [2.75, 3.05) is 6.61 Å². The molecule has 1 aliphatic rings. The summed E-state index contributed by atoms with van der Waals surface area (Å²) in [5.41, 5.74) is 6.25. The summed E-state index contributed by atoms with van der Waals surface area (Å²) in [6, 6.07) is 0. The maximum Gasteiger partial charge on any atom is 0.131 e. The first-order valence-corrected chi connectivity index (χ1v) is 2.53. The number of rotatable bonds is 0. The standard InChI is InChI=1S/C6H9NO/c1-5-3-2-4-8-6(5)7/h2-3,6H,1,4,7H2. The predicted molar refractivity (Wildman–Crippen MR) is 32.2 cm³/mol. The van der Waals surface area contributed by atoms with E-state index in [1.807, 2.05) is 12.2 Å². The third-order valence-electron chi connectivity index (χ3n) is 1.07. The van der Waals surface area contributed by atoms with Gasteiger partial charge in [-0.2, -0.15) is 0 Å². The van der Waals surface area contributed by atoms with Gasteiger partial charge < -0.3 is 10.5 Å². The first-order valence-electron chi connectivity index (χ1n) is 2.53. The van der Waals surface area contributed by atoms with E-state index in [1.165, 1.54) is 0 Å². The van der Waals surface area contributed by atoms with E-state index in [0.717, 1.165) is 5.57 Å². The van der Waals surface area contributed by atoms with Gasteiger partial charge in [0.1, 0.15) is 6.23 Å². The monoisotopic (exact) mass is 111 g/mol. The van der Waals surface area contributed by atoms with Crippen LogP contribution in [0, 0.1) is 0 Å². The van der Waals surface area contributed by atoms with Crippen LogP contribution in [0.1, 0.15) is 0 Å². The fourth-order valence-corrected chi connectivity index (χ4v) is 0.561. The largest absolute Gasteiger partial charge is 0.355 e. The zero-order chi connectivity index (χ0) is 5.98. The third kappa shape index (κ3) is 0.967. The molecule has 0 aliphatic carbocycles. The van der Waals surface area contributed by atoms with Crippen molar-refractivity contribution >= 4 is 0 Å². The molecule has 0 bridgehead atoms. The van der Waals surface area contributed by atoms with Gasteiger partial charge in [0.2, 0.25) is 0 Å². The van der Waals surface area contributed by atoms with Gasteiger partial charge in [0, 0.05) is 0 Å². The zero-order valence-electron chi connectivity index (χ0n) is 4.63. The molecule has 0 aromatic carbocycles. The summed E-state index contributed by atoms with van der Waals surface area (Å²) in [5.74, 6) is 0. The summed E-state index contributed by atoms with van der Waals surface area (Å²) >= 11 is 0. The van der Waals surface area contributed by atoms with Crippen molar-refractivity contribution in [1.29, 1.82) is 0 Å². The van der Waals surface area contributed by atoms with Gasteiger partial charge >= 0.3 is 0 Å². The van der Waals surface area contributed by atoms with Crippen LogP contribution in [0.3, 0.4) is 0 Å². The van der Waals surface area contributed by atoms with Crippen LogP contribution >= 0.6 is 0 Å². The Balaban J connectivity index is 2.60. The molecule has 0 aromatic rings. The molecule has 0 saturated heterocycles. The fraction of sp³-hybridized carbons (Fsp3) is 0.333. The van der Waals surface area contributed by atoms with E-state index in [1.54, 1.807) is 0 Å². The molecule has 44 valence electrons. The summed E-state index contributed by atoms with van der Waals surface area (Å²) in [6.07, 6.45) is 3.50. The van der Waals surface area contributed by atoms with Crippen LogP contribution < -0.4 is 5.73 Å². The molecule has 1 unspecified atom stereocenters. The molecule has 0 fully saturated rings. The molecule has 0 radical (unpaired) electrons. The Kier molecular flexibility index (Phi) is 1.46. The van der Waals surface area contributed by atoms with E-state index < -0.39 is 0 Å². The van der Waals surface area contributed by atoms with Gasteiger partial charge in [0.15, 0.2) is 0 Å². The molecule has 0 aromatic heterocycles. The van der Waals surface area contributed by atoms with Gasteiger partial charge in [-0.25, -0.2) is 0 Å². The summed E-state index contributed by atoms with van der Waals surface area (Å²) in [4.78, 5) is 0.